The second kappa shape index (κ2) is 7.20. The lowest BCUT2D eigenvalue weighted by Crippen LogP contribution is -2.44. The first kappa shape index (κ1) is 19.5. The molecule has 0 heterocycles. The van der Waals surface area contributed by atoms with E-state index < -0.39 is 0 Å². The third-order valence-electron chi connectivity index (χ3n) is 9.40. The number of carbonyl (C=O) groups is 1. The number of allylic oxidation sites excluding steroid dienone is 4. The van der Waals surface area contributed by atoms with Crippen molar-refractivity contribution in [1.29, 1.82) is 0 Å². The number of hydrogen-bond donors (Lipinski definition) is 0. The van der Waals surface area contributed by atoms with Gasteiger partial charge in [-0.15, -0.1) is 0 Å². The van der Waals surface area contributed by atoms with E-state index in [1.807, 2.05) is 0 Å². The van der Waals surface area contributed by atoms with E-state index in [1.165, 1.54) is 81.6 Å². The quantitative estimate of drug-likeness (QED) is 0.360. The molecule has 2 saturated carbocycles. The number of fused-ring (bicyclic) bond motifs is 5. The van der Waals surface area contributed by atoms with Gasteiger partial charge in [-0.1, -0.05) is 59.1 Å². The monoisotopic (exact) mass is 368 g/mol. The van der Waals surface area contributed by atoms with Gasteiger partial charge in [-0.2, -0.15) is 0 Å². The van der Waals surface area contributed by atoms with Crippen LogP contribution in [0, 0.1) is 40.4 Å². The first-order chi connectivity index (χ1) is 12.9. The van der Waals surface area contributed by atoms with Crippen LogP contribution in [0.1, 0.15) is 91.9 Å². The molecular weight excluding hydrogens is 328 g/mol. The van der Waals surface area contributed by atoms with Gasteiger partial charge in [0.1, 0.15) is 6.29 Å². The molecule has 0 aromatic rings. The number of aldehydes is 1. The molecule has 1 nitrogen and oxygen atoms in total. The van der Waals surface area contributed by atoms with Crippen molar-refractivity contribution in [2.45, 2.75) is 91.9 Å². The molecule has 0 bridgehead atoms. The topological polar surface area (TPSA) is 17.1 Å². The van der Waals surface area contributed by atoms with Crippen LogP contribution >= 0.6 is 0 Å². The molecule has 4 aliphatic carbocycles. The summed E-state index contributed by atoms with van der Waals surface area (Å²) in [5.74, 6) is 3.74. The van der Waals surface area contributed by atoms with E-state index in [1.54, 1.807) is 0 Å². The molecule has 0 saturated heterocycles. The Hall–Kier alpha value is -0.850. The molecule has 0 aliphatic heterocycles. The van der Waals surface area contributed by atoms with Crippen LogP contribution in [0.25, 0.3) is 0 Å². The Balaban J connectivity index is 1.55. The maximum absolute atomic E-state index is 12.2. The smallest absolute Gasteiger partial charge is 0.146 e. The summed E-state index contributed by atoms with van der Waals surface area (Å²) in [6.45, 7) is 9.76. The largest absolute Gasteiger partial charge is 0.298 e. The Morgan fingerprint density at radius 2 is 1.93 bits per heavy atom. The van der Waals surface area contributed by atoms with E-state index in [2.05, 4.69) is 39.8 Å². The minimum atomic E-state index is 0.270. The highest BCUT2D eigenvalue weighted by atomic mass is 16.1. The lowest BCUT2D eigenvalue weighted by Gasteiger charge is -2.50. The molecule has 0 aromatic carbocycles. The zero-order chi connectivity index (χ0) is 19.2. The standard InChI is InChI=1S/C26H40O/c1-18(2)9-5-6-10-19-12-13-22-24-20(17-27)21-11-7-8-15-26(21,4)23(24)14-16-25(19,22)3/h7,11,17-19,22-24H,5-6,8-10,12-16H2,1-4H3/t19-,22?,23?,24?,25+,26-/m0/s1. The van der Waals surface area contributed by atoms with Gasteiger partial charge in [0.2, 0.25) is 0 Å². The summed E-state index contributed by atoms with van der Waals surface area (Å²) in [6.07, 6.45) is 19.4. The fourth-order valence-electron chi connectivity index (χ4n) is 7.86. The number of unbranched alkanes of at least 4 members (excludes halogenated alkanes) is 1. The van der Waals surface area contributed by atoms with Crippen molar-refractivity contribution >= 4 is 6.29 Å². The van der Waals surface area contributed by atoms with Crippen LogP contribution in [0.15, 0.2) is 23.3 Å². The molecule has 2 fully saturated rings. The second-order valence-electron chi connectivity index (χ2n) is 11.1. The van der Waals surface area contributed by atoms with E-state index in [-0.39, 0.29) is 5.41 Å². The average molecular weight is 369 g/mol. The summed E-state index contributed by atoms with van der Waals surface area (Å²) in [6, 6.07) is 0. The van der Waals surface area contributed by atoms with E-state index in [9.17, 15) is 4.79 Å². The zero-order valence-electron chi connectivity index (χ0n) is 18.1. The van der Waals surface area contributed by atoms with Crippen molar-refractivity contribution < 1.29 is 4.79 Å². The summed E-state index contributed by atoms with van der Waals surface area (Å²) in [7, 11) is 0. The molecule has 4 aliphatic rings. The minimum absolute atomic E-state index is 0.270. The average Bonchev–Trinajstić information content (AvgIpc) is 3.09. The van der Waals surface area contributed by atoms with Crippen LogP contribution in [-0.4, -0.2) is 6.29 Å². The molecule has 0 spiro atoms. The number of carbonyl (C=O) groups excluding carboxylic acids is 1. The summed E-state index contributed by atoms with van der Waals surface area (Å²) in [4.78, 5) is 12.2. The third-order valence-corrected chi connectivity index (χ3v) is 9.40. The Kier molecular flexibility index (Phi) is 5.19. The number of rotatable bonds is 6. The van der Waals surface area contributed by atoms with Crippen molar-refractivity contribution in [3.8, 4) is 0 Å². The van der Waals surface area contributed by atoms with Crippen LogP contribution in [0.5, 0.6) is 0 Å². The van der Waals surface area contributed by atoms with Crippen molar-refractivity contribution in [2.75, 3.05) is 0 Å². The Labute approximate surface area is 167 Å². The first-order valence-corrected chi connectivity index (χ1v) is 11.8. The van der Waals surface area contributed by atoms with Gasteiger partial charge in [0.25, 0.3) is 0 Å². The number of hydrogen-bond acceptors (Lipinski definition) is 1. The molecule has 0 aromatic heterocycles. The van der Waals surface area contributed by atoms with E-state index in [4.69, 9.17) is 0 Å². The molecule has 0 N–H and O–H groups in total. The van der Waals surface area contributed by atoms with E-state index in [0.29, 0.717) is 11.3 Å². The van der Waals surface area contributed by atoms with Crippen molar-refractivity contribution in [2.24, 2.45) is 40.4 Å². The highest BCUT2D eigenvalue weighted by Crippen LogP contribution is 2.68. The highest BCUT2D eigenvalue weighted by molar-refractivity contribution is 5.79. The van der Waals surface area contributed by atoms with Gasteiger partial charge in [0.15, 0.2) is 0 Å². The lowest BCUT2D eigenvalue weighted by molar-refractivity contribution is -0.106. The molecule has 27 heavy (non-hydrogen) atoms. The second-order valence-corrected chi connectivity index (χ2v) is 11.1. The summed E-state index contributed by atoms with van der Waals surface area (Å²) in [5, 5.41) is 0. The van der Waals surface area contributed by atoms with Gasteiger partial charge < -0.3 is 0 Å². The van der Waals surface area contributed by atoms with Crippen LogP contribution < -0.4 is 0 Å². The normalized spacial score (nSPS) is 43.0. The van der Waals surface area contributed by atoms with Crippen molar-refractivity contribution in [3.63, 3.8) is 0 Å². The van der Waals surface area contributed by atoms with Gasteiger partial charge in [0.05, 0.1) is 0 Å². The minimum Gasteiger partial charge on any atom is -0.298 e. The third kappa shape index (κ3) is 2.99. The van der Waals surface area contributed by atoms with Gasteiger partial charge in [-0.3, -0.25) is 4.79 Å². The molecule has 1 heteroatoms. The molecular formula is C26H40O. The van der Waals surface area contributed by atoms with Gasteiger partial charge in [-0.25, -0.2) is 0 Å². The lowest BCUT2D eigenvalue weighted by atomic mass is 9.53. The Morgan fingerprint density at radius 3 is 2.67 bits per heavy atom. The SMILES string of the molecule is CC(C)CCCC[C@H]1CCC2C3C(C=O)=C4C=CCC[C@]4(C)C3CC[C@@]21C. The van der Waals surface area contributed by atoms with Crippen molar-refractivity contribution in [3.05, 3.63) is 23.3 Å². The van der Waals surface area contributed by atoms with Gasteiger partial charge in [0, 0.05) is 0 Å². The fraction of sp³-hybridized carbons (Fsp3) is 0.808. The predicted molar refractivity (Wildman–Crippen MR) is 113 cm³/mol. The molecule has 3 unspecified atom stereocenters. The molecule has 6 atom stereocenters. The van der Waals surface area contributed by atoms with Crippen LogP contribution in [0.3, 0.4) is 0 Å². The van der Waals surface area contributed by atoms with Crippen molar-refractivity contribution in [1.82, 2.24) is 0 Å². The maximum atomic E-state index is 12.2. The maximum Gasteiger partial charge on any atom is 0.146 e. The van der Waals surface area contributed by atoms with Crippen LogP contribution in [0.4, 0.5) is 0 Å². The Bertz CT molecular complexity index is 641. The fourth-order valence-corrected chi connectivity index (χ4v) is 7.86. The summed E-state index contributed by atoms with van der Waals surface area (Å²) < 4.78 is 0. The molecule has 0 amide bonds. The van der Waals surface area contributed by atoms with Crippen LogP contribution in [0.2, 0.25) is 0 Å². The Morgan fingerprint density at radius 1 is 1.11 bits per heavy atom. The van der Waals surface area contributed by atoms with Gasteiger partial charge >= 0.3 is 0 Å². The molecule has 0 radical (unpaired) electrons. The van der Waals surface area contributed by atoms with E-state index in [0.717, 1.165) is 23.7 Å². The predicted octanol–water partition coefficient (Wildman–Crippen LogP) is 7.13. The van der Waals surface area contributed by atoms with Gasteiger partial charge in [-0.05, 0) is 96.5 Å². The zero-order valence-corrected chi connectivity index (χ0v) is 18.1. The highest BCUT2D eigenvalue weighted by Gasteiger charge is 2.61. The molecule has 150 valence electrons. The van der Waals surface area contributed by atoms with E-state index >= 15 is 0 Å². The summed E-state index contributed by atoms with van der Waals surface area (Å²) >= 11 is 0. The molecule has 4 rings (SSSR count). The van der Waals surface area contributed by atoms with Crippen LogP contribution in [-0.2, 0) is 4.79 Å². The summed E-state index contributed by atoms with van der Waals surface area (Å²) in [5.41, 5.74) is 3.37. The first-order valence-electron chi connectivity index (χ1n) is 11.8.